The van der Waals surface area contributed by atoms with Crippen molar-refractivity contribution in [3.8, 4) is 5.75 Å². The summed E-state index contributed by atoms with van der Waals surface area (Å²) in [6.07, 6.45) is 0. The van der Waals surface area contributed by atoms with Crippen LogP contribution >= 0.6 is 0 Å². The predicted molar refractivity (Wildman–Crippen MR) is 71.8 cm³/mol. The molecule has 0 aliphatic rings. The van der Waals surface area contributed by atoms with E-state index in [2.05, 4.69) is 4.74 Å². The van der Waals surface area contributed by atoms with Gasteiger partial charge in [0.2, 0.25) is 0 Å². The first-order chi connectivity index (χ1) is 8.94. The van der Waals surface area contributed by atoms with Crippen molar-refractivity contribution < 1.29 is 22.7 Å². The number of hydrogen-bond donors (Lipinski definition) is 0. The smallest absolute Gasteiger partial charge is 0.309 e. The van der Waals surface area contributed by atoms with Gasteiger partial charge in [-0.3, -0.25) is 4.79 Å². The maximum absolute atomic E-state index is 11.8. The molecule has 0 saturated heterocycles. The van der Waals surface area contributed by atoms with Gasteiger partial charge >= 0.3 is 5.97 Å². The summed E-state index contributed by atoms with van der Waals surface area (Å²) in [5.41, 5.74) is 0. The van der Waals surface area contributed by atoms with Gasteiger partial charge < -0.3 is 9.47 Å². The number of carbonyl (C=O) groups excluding carboxylic acids is 1. The lowest BCUT2D eigenvalue weighted by molar-refractivity contribution is -0.144. The van der Waals surface area contributed by atoms with Gasteiger partial charge in [0.15, 0.2) is 9.84 Å². The molecule has 0 heterocycles. The number of methoxy groups -OCH3 is 1. The van der Waals surface area contributed by atoms with Crippen LogP contribution in [0.25, 0.3) is 0 Å². The fourth-order valence-electron chi connectivity index (χ4n) is 1.54. The molecule has 1 atom stereocenters. The van der Waals surface area contributed by atoms with E-state index < -0.39 is 21.7 Å². The first-order valence-electron chi connectivity index (χ1n) is 5.90. The Morgan fingerprint density at radius 1 is 1.26 bits per heavy atom. The number of ether oxygens (including phenoxy) is 2. The lowest BCUT2D eigenvalue weighted by Crippen LogP contribution is -2.26. The first kappa shape index (κ1) is 15.5. The van der Waals surface area contributed by atoms with Crippen LogP contribution in [0.4, 0.5) is 0 Å². The third kappa shape index (κ3) is 5.74. The number of carbonyl (C=O) groups is 1. The van der Waals surface area contributed by atoms with Crippen LogP contribution in [-0.4, -0.2) is 39.6 Å². The zero-order valence-corrected chi connectivity index (χ0v) is 11.9. The lowest BCUT2D eigenvalue weighted by Gasteiger charge is -2.10. The maximum atomic E-state index is 11.8. The minimum absolute atomic E-state index is 0.0697. The highest BCUT2D eigenvalue weighted by atomic mass is 32.2. The molecule has 0 spiro atoms. The molecule has 0 fully saturated rings. The molecule has 0 aliphatic heterocycles. The van der Waals surface area contributed by atoms with E-state index in [1.807, 2.05) is 18.2 Å². The number of esters is 1. The van der Waals surface area contributed by atoms with E-state index >= 15 is 0 Å². The van der Waals surface area contributed by atoms with Crippen LogP contribution in [0.5, 0.6) is 5.75 Å². The number of benzene rings is 1. The number of hydrogen-bond acceptors (Lipinski definition) is 5. The van der Waals surface area contributed by atoms with Crippen molar-refractivity contribution >= 4 is 15.8 Å². The Bertz CT molecular complexity index is 495. The van der Waals surface area contributed by atoms with Crippen molar-refractivity contribution in [2.75, 3.05) is 25.2 Å². The van der Waals surface area contributed by atoms with E-state index in [1.165, 1.54) is 14.0 Å². The zero-order valence-electron chi connectivity index (χ0n) is 11.0. The molecule has 1 rings (SSSR count). The fourth-order valence-corrected chi connectivity index (χ4v) is 2.94. The van der Waals surface area contributed by atoms with Gasteiger partial charge in [-0.1, -0.05) is 25.1 Å². The monoisotopic (exact) mass is 286 g/mol. The third-order valence-corrected chi connectivity index (χ3v) is 4.31. The summed E-state index contributed by atoms with van der Waals surface area (Å²) in [5, 5.41) is 0. The van der Waals surface area contributed by atoms with Crippen molar-refractivity contribution in [1.82, 2.24) is 0 Å². The van der Waals surface area contributed by atoms with Crippen molar-refractivity contribution in [3.63, 3.8) is 0 Å². The highest BCUT2D eigenvalue weighted by molar-refractivity contribution is 7.91. The van der Waals surface area contributed by atoms with Gasteiger partial charge in [0.25, 0.3) is 0 Å². The van der Waals surface area contributed by atoms with Crippen molar-refractivity contribution in [2.24, 2.45) is 5.92 Å². The number of para-hydroxylation sites is 1. The normalized spacial score (nSPS) is 12.7. The van der Waals surface area contributed by atoms with E-state index in [-0.39, 0.29) is 18.1 Å². The highest BCUT2D eigenvalue weighted by Gasteiger charge is 2.22. The summed E-state index contributed by atoms with van der Waals surface area (Å²) in [4.78, 5) is 11.2. The maximum Gasteiger partial charge on any atom is 0.309 e. The summed E-state index contributed by atoms with van der Waals surface area (Å²) < 4.78 is 33.3. The van der Waals surface area contributed by atoms with Gasteiger partial charge in [-0.05, 0) is 12.1 Å². The summed E-state index contributed by atoms with van der Waals surface area (Å²) in [6, 6.07) is 8.97. The largest absolute Gasteiger partial charge is 0.493 e. The SMILES string of the molecule is COC(=O)C(C)CS(=O)(=O)CCOc1ccccc1. The van der Waals surface area contributed by atoms with E-state index in [4.69, 9.17) is 4.74 Å². The molecule has 0 saturated carbocycles. The topological polar surface area (TPSA) is 69.7 Å². The average molecular weight is 286 g/mol. The molecule has 0 N–H and O–H groups in total. The Labute approximate surface area is 113 Å². The van der Waals surface area contributed by atoms with Crippen LogP contribution in [0.15, 0.2) is 30.3 Å². The Hall–Kier alpha value is -1.56. The summed E-state index contributed by atoms with van der Waals surface area (Å²) in [7, 11) is -2.09. The molecular weight excluding hydrogens is 268 g/mol. The second-order valence-electron chi connectivity index (χ2n) is 4.20. The van der Waals surface area contributed by atoms with E-state index in [1.54, 1.807) is 12.1 Å². The lowest BCUT2D eigenvalue weighted by atomic mass is 10.2. The molecule has 5 nitrogen and oxygen atoms in total. The first-order valence-corrected chi connectivity index (χ1v) is 7.73. The summed E-state index contributed by atoms with van der Waals surface area (Å²) >= 11 is 0. The van der Waals surface area contributed by atoms with Gasteiger partial charge in [-0.25, -0.2) is 8.42 Å². The van der Waals surface area contributed by atoms with Gasteiger partial charge in [-0.15, -0.1) is 0 Å². The van der Waals surface area contributed by atoms with Gasteiger partial charge in [-0.2, -0.15) is 0 Å². The quantitative estimate of drug-likeness (QED) is 0.706. The Kier molecular flexibility index (Phi) is 5.82. The molecule has 1 aromatic carbocycles. The number of sulfone groups is 1. The highest BCUT2D eigenvalue weighted by Crippen LogP contribution is 2.09. The molecule has 1 aromatic rings. The van der Waals surface area contributed by atoms with Gasteiger partial charge in [0.1, 0.15) is 12.4 Å². The molecule has 6 heteroatoms. The van der Waals surface area contributed by atoms with Crippen molar-refractivity contribution in [3.05, 3.63) is 30.3 Å². The van der Waals surface area contributed by atoms with Gasteiger partial charge in [0, 0.05) is 0 Å². The van der Waals surface area contributed by atoms with E-state index in [0.717, 1.165) is 0 Å². The van der Waals surface area contributed by atoms with Crippen LogP contribution < -0.4 is 4.74 Å². The molecule has 0 bridgehead atoms. The van der Waals surface area contributed by atoms with Crippen molar-refractivity contribution in [1.29, 1.82) is 0 Å². The van der Waals surface area contributed by atoms with E-state index in [9.17, 15) is 13.2 Å². The zero-order chi connectivity index (χ0) is 14.3. The van der Waals surface area contributed by atoms with E-state index in [0.29, 0.717) is 5.75 Å². The van der Waals surface area contributed by atoms with Crippen LogP contribution in [0.1, 0.15) is 6.92 Å². The number of rotatable bonds is 7. The average Bonchev–Trinajstić information content (AvgIpc) is 2.38. The summed E-state index contributed by atoms with van der Waals surface area (Å²) in [5.74, 6) is -0.904. The van der Waals surface area contributed by atoms with Crippen LogP contribution in [0, 0.1) is 5.92 Å². The molecular formula is C13H18O5S. The molecule has 0 radical (unpaired) electrons. The minimum Gasteiger partial charge on any atom is -0.493 e. The molecule has 0 aromatic heterocycles. The fraction of sp³-hybridized carbons (Fsp3) is 0.462. The third-order valence-electron chi connectivity index (χ3n) is 2.51. The van der Waals surface area contributed by atoms with Crippen LogP contribution in [0.3, 0.4) is 0 Å². The van der Waals surface area contributed by atoms with Crippen molar-refractivity contribution in [2.45, 2.75) is 6.92 Å². The van der Waals surface area contributed by atoms with Crippen LogP contribution in [-0.2, 0) is 19.4 Å². The second kappa shape index (κ2) is 7.13. The standard InChI is InChI=1S/C13H18O5S/c1-11(13(14)17-2)10-19(15,16)9-8-18-12-6-4-3-5-7-12/h3-7,11H,8-10H2,1-2H3. The Morgan fingerprint density at radius 2 is 1.89 bits per heavy atom. The Balaban J connectivity index is 2.41. The second-order valence-corrected chi connectivity index (χ2v) is 6.43. The molecule has 0 amide bonds. The molecule has 0 aliphatic carbocycles. The molecule has 106 valence electrons. The molecule has 19 heavy (non-hydrogen) atoms. The Morgan fingerprint density at radius 3 is 2.47 bits per heavy atom. The minimum atomic E-state index is -3.33. The van der Waals surface area contributed by atoms with Crippen LogP contribution in [0.2, 0.25) is 0 Å². The van der Waals surface area contributed by atoms with Gasteiger partial charge in [0.05, 0.1) is 24.5 Å². The predicted octanol–water partition coefficient (Wildman–Crippen LogP) is 1.29. The summed E-state index contributed by atoms with van der Waals surface area (Å²) in [6.45, 7) is 1.60. The molecule has 1 unspecified atom stereocenters.